The molecule has 0 bridgehead atoms. The minimum atomic E-state index is -0.157. The van der Waals surface area contributed by atoms with Gasteiger partial charge >= 0.3 is 29.0 Å². The Hall–Kier alpha value is 0.236. The molecule has 0 N–H and O–H groups in total. The van der Waals surface area contributed by atoms with Gasteiger partial charge in [0, 0.05) is 6.42 Å². The maximum atomic E-state index is 9.96. The van der Waals surface area contributed by atoms with Crippen LogP contribution in [0.2, 0.25) is 0 Å². The van der Waals surface area contributed by atoms with Crippen molar-refractivity contribution in [2.24, 2.45) is 0 Å². The number of esters is 1. The van der Waals surface area contributed by atoms with Gasteiger partial charge in [-0.05, 0) is 0 Å². The van der Waals surface area contributed by atoms with Gasteiger partial charge < -0.3 is 7.59 Å². The molecule has 0 radical (unpaired) electrons. The number of carbonyl (C=O) groups excluding carboxylic acids is 1. The molecule has 40 valence electrons. The molecule has 0 fully saturated rings. The second-order valence-electron chi connectivity index (χ2n) is 0.930. The minimum Gasteiger partial charge on any atom is -1.00 e. The van der Waals surface area contributed by atoms with E-state index in [-0.39, 0.29) is 31.9 Å². The fourth-order valence-electron chi connectivity index (χ4n) is 0.144. The molecule has 0 spiro atoms. The van der Waals surface area contributed by atoms with E-state index in [1.54, 1.807) is 6.92 Å². The Morgan fingerprint density at radius 3 is 2.29 bits per heavy atom. The smallest absolute Gasteiger partial charge is 1.00 e. The molecule has 0 rings (SSSR count). The Morgan fingerprint density at radius 1 is 1.86 bits per heavy atom. The van der Waals surface area contributed by atoms with Crippen molar-refractivity contribution in [2.75, 3.05) is 7.11 Å². The first-order chi connectivity index (χ1) is 2.81. The quantitative estimate of drug-likeness (QED) is 0.365. The molecule has 0 aliphatic rings. The zero-order chi connectivity index (χ0) is 4.99. The van der Waals surface area contributed by atoms with Crippen LogP contribution in [0.3, 0.4) is 0 Å². The van der Waals surface area contributed by atoms with Gasteiger partial charge in [0.25, 0.3) is 0 Å². The van der Waals surface area contributed by atoms with Crippen LogP contribution in [0.5, 0.6) is 0 Å². The summed E-state index contributed by atoms with van der Waals surface area (Å²) in [6.07, 6.45) is 0.469. The van der Waals surface area contributed by atoms with Gasteiger partial charge in [0.05, 0.1) is 7.11 Å². The molecule has 0 aromatic heterocycles. The van der Waals surface area contributed by atoms with Crippen LogP contribution >= 0.6 is 0 Å². The normalized spacial score (nSPS) is 6.57. The van der Waals surface area contributed by atoms with Gasteiger partial charge in [-0.1, -0.05) is 6.92 Å². The van der Waals surface area contributed by atoms with Crippen molar-refractivity contribution in [3.8, 4) is 0 Å². The molecule has 0 unspecified atom stereocenters. The van der Waals surface area contributed by atoms with Crippen molar-refractivity contribution < 1.29 is 12.4 Å². The van der Waals surface area contributed by atoms with E-state index in [2.05, 4.69) is 4.74 Å². The maximum absolute atomic E-state index is 9.96. The topological polar surface area (TPSA) is 26.3 Å². The first kappa shape index (κ1) is 10.3. The van der Waals surface area contributed by atoms with E-state index < -0.39 is 0 Å². The van der Waals surface area contributed by atoms with E-state index in [9.17, 15) is 4.79 Å². The summed E-state index contributed by atoms with van der Waals surface area (Å²) in [5.74, 6) is -0.157. The predicted octanol–water partition coefficient (Wildman–Crippen LogP) is 0.414. The molecule has 2 nitrogen and oxygen atoms in total. The SMILES string of the molecule is CCC(=O)OC.[H-].[H-].[Mg+2]. The zero-order valence-corrected chi connectivity index (χ0v) is 6.14. The van der Waals surface area contributed by atoms with Crippen LogP contribution in [0.1, 0.15) is 16.2 Å². The van der Waals surface area contributed by atoms with Gasteiger partial charge in [-0.3, -0.25) is 4.79 Å². The summed E-state index contributed by atoms with van der Waals surface area (Å²) < 4.78 is 4.26. The number of hydrogen-bond acceptors (Lipinski definition) is 2. The Balaban J connectivity index is -0.0000000417. The maximum Gasteiger partial charge on any atom is 2.00 e. The zero-order valence-electron chi connectivity index (χ0n) is 6.73. The van der Waals surface area contributed by atoms with Gasteiger partial charge in [0.2, 0.25) is 0 Å². The molecule has 3 heteroatoms. The molecule has 0 saturated heterocycles. The summed E-state index contributed by atoms with van der Waals surface area (Å²) in [4.78, 5) is 9.96. The van der Waals surface area contributed by atoms with E-state index in [0.717, 1.165) is 0 Å². The Morgan fingerprint density at radius 2 is 2.29 bits per heavy atom. The molecule has 7 heavy (non-hydrogen) atoms. The average molecular weight is 114 g/mol. The molecule has 0 aromatic rings. The third-order valence-corrected chi connectivity index (χ3v) is 0.516. The van der Waals surface area contributed by atoms with Gasteiger partial charge in [0.15, 0.2) is 0 Å². The van der Waals surface area contributed by atoms with Crippen molar-refractivity contribution >= 4 is 29.0 Å². The van der Waals surface area contributed by atoms with Crippen LogP contribution in [0.25, 0.3) is 0 Å². The molecule has 0 aromatic carbocycles. The van der Waals surface area contributed by atoms with Crippen LogP contribution in [0, 0.1) is 0 Å². The average Bonchev–Trinajstić information content (AvgIpc) is 1.65. The summed E-state index contributed by atoms with van der Waals surface area (Å²) >= 11 is 0. The van der Waals surface area contributed by atoms with Crippen molar-refractivity contribution in [3.05, 3.63) is 0 Å². The molecule has 0 aliphatic carbocycles. The second kappa shape index (κ2) is 6.24. The number of carbonyl (C=O) groups is 1. The Labute approximate surface area is 62.3 Å². The first-order valence-corrected chi connectivity index (χ1v) is 1.88. The summed E-state index contributed by atoms with van der Waals surface area (Å²) in [6, 6.07) is 0. The van der Waals surface area contributed by atoms with Crippen molar-refractivity contribution in [3.63, 3.8) is 0 Å². The van der Waals surface area contributed by atoms with E-state index in [4.69, 9.17) is 0 Å². The van der Waals surface area contributed by atoms with E-state index >= 15 is 0 Å². The second-order valence-corrected chi connectivity index (χ2v) is 0.930. The van der Waals surface area contributed by atoms with E-state index in [1.807, 2.05) is 0 Å². The molecule has 0 atom stereocenters. The third-order valence-electron chi connectivity index (χ3n) is 0.516. The summed E-state index contributed by atoms with van der Waals surface area (Å²) in [5, 5.41) is 0. The summed E-state index contributed by atoms with van der Waals surface area (Å²) in [6.45, 7) is 1.76. The van der Waals surface area contributed by atoms with Gasteiger partial charge in [-0.2, -0.15) is 0 Å². The minimum absolute atomic E-state index is 0. The number of ether oxygens (including phenoxy) is 1. The van der Waals surface area contributed by atoms with Crippen LogP contribution in [0.4, 0.5) is 0 Å². The van der Waals surface area contributed by atoms with Crippen LogP contribution in [-0.4, -0.2) is 36.1 Å². The van der Waals surface area contributed by atoms with Gasteiger partial charge in [0.1, 0.15) is 0 Å². The van der Waals surface area contributed by atoms with E-state index in [1.165, 1.54) is 7.11 Å². The van der Waals surface area contributed by atoms with Crippen LogP contribution < -0.4 is 0 Å². The van der Waals surface area contributed by atoms with Gasteiger partial charge in [-0.25, -0.2) is 0 Å². The number of methoxy groups -OCH3 is 1. The summed E-state index contributed by atoms with van der Waals surface area (Å²) in [5.41, 5.74) is 0. The number of hydrogen-bond donors (Lipinski definition) is 0. The number of rotatable bonds is 1. The standard InChI is InChI=1S/C4H8O2.Mg.2H/c1-3-4(5)6-2;;;/h3H2,1-2H3;;;/q;+2;2*-1. The monoisotopic (exact) mass is 114 g/mol. The van der Waals surface area contributed by atoms with Gasteiger partial charge in [-0.15, -0.1) is 0 Å². The van der Waals surface area contributed by atoms with Crippen molar-refractivity contribution in [1.82, 2.24) is 0 Å². The summed E-state index contributed by atoms with van der Waals surface area (Å²) in [7, 11) is 1.38. The molecule has 0 saturated carbocycles. The largest absolute Gasteiger partial charge is 2.00 e. The molecule has 0 aliphatic heterocycles. The third kappa shape index (κ3) is 6.24. The fraction of sp³-hybridized carbons (Fsp3) is 0.750. The van der Waals surface area contributed by atoms with Crippen LogP contribution in [-0.2, 0) is 9.53 Å². The molecule has 0 amide bonds. The molecule has 0 heterocycles. The fourth-order valence-corrected chi connectivity index (χ4v) is 0.144. The van der Waals surface area contributed by atoms with Crippen LogP contribution in [0.15, 0.2) is 0 Å². The first-order valence-electron chi connectivity index (χ1n) is 1.88. The van der Waals surface area contributed by atoms with Crippen molar-refractivity contribution in [2.45, 2.75) is 13.3 Å². The molecular weight excluding hydrogens is 104 g/mol. The van der Waals surface area contributed by atoms with Crippen molar-refractivity contribution in [1.29, 1.82) is 0 Å². The molecular formula is C4H10MgO2. The Bertz CT molecular complexity index is 54.5. The van der Waals surface area contributed by atoms with E-state index in [0.29, 0.717) is 6.42 Å². The Kier molecular flexibility index (Phi) is 9.14. The predicted molar refractivity (Wildman–Crippen MR) is 30.3 cm³/mol.